The van der Waals surface area contributed by atoms with E-state index in [9.17, 15) is 4.79 Å². The summed E-state index contributed by atoms with van der Waals surface area (Å²) < 4.78 is 16.6. The van der Waals surface area contributed by atoms with Crippen molar-refractivity contribution in [2.75, 3.05) is 21.3 Å². The summed E-state index contributed by atoms with van der Waals surface area (Å²) in [5.41, 5.74) is 1.70. The molecule has 0 atom stereocenters. The molecule has 1 aliphatic heterocycles. The first kappa shape index (κ1) is 20.5. The molecule has 1 saturated heterocycles. The molecule has 1 fully saturated rings. The molecule has 1 amide bonds. The van der Waals surface area contributed by atoms with E-state index in [0.29, 0.717) is 38.0 Å². The van der Waals surface area contributed by atoms with Gasteiger partial charge in [-0.2, -0.15) is 0 Å². The zero-order valence-electron chi connectivity index (χ0n) is 15.5. The summed E-state index contributed by atoms with van der Waals surface area (Å²) in [5, 5.41) is 0.649. The van der Waals surface area contributed by atoms with E-state index < -0.39 is 0 Å². The number of ether oxygens (including phenoxy) is 3. The van der Waals surface area contributed by atoms with Crippen molar-refractivity contribution in [1.82, 2.24) is 4.90 Å². The van der Waals surface area contributed by atoms with Gasteiger partial charge in [0, 0.05) is 5.02 Å². The van der Waals surface area contributed by atoms with Crippen molar-refractivity contribution in [2.24, 2.45) is 0 Å². The average Bonchev–Trinajstić information content (AvgIpc) is 2.96. The van der Waals surface area contributed by atoms with Crippen molar-refractivity contribution < 1.29 is 19.0 Å². The van der Waals surface area contributed by atoms with Crippen LogP contribution in [0.1, 0.15) is 11.1 Å². The van der Waals surface area contributed by atoms with Crippen LogP contribution in [0.25, 0.3) is 6.08 Å². The Morgan fingerprint density at radius 2 is 1.68 bits per heavy atom. The number of nitrogens with zero attached hydrogens (tertiary/aromatic N) is 1. The molecule has 2 aromatic carbocycles. The largest absolute Gasteiger partial charge is 0.493 e. The quantitative estimate of drug-likeness (QED) is 0.481. The van der Waals surface area contributed by atoms with E-state index in [0.717, 1.165) is 11.1 Å². The Morgan fingerprint density at radius 3 is 2.21 bits per heavy atom. The molecule has 0 spiro atoms. The molecule has 0 unspecified atom stereocenters. The van der Waals surface area contributed by atoms with Gasteiger partial charge in [0.25, 0.3) is 5.91 Å². The fourth-order valence-electron chi connectivity index (χ4n) is 2.74. The minimum atomic E-state index is -0.140. The highest BCUT2D eigenvalue weighted by atomic mass is 35.5. The normalized spacial score (nSPS) is 15.3. The van der Waals surface area contributed by atoms with Gasteiger partial charge in [-0.3, -0.25) is 9.69 Å². The molecule has 5 nitrogen and oxygen atoms in total. The molecule has 0 aromatic heterocycles. The van der Waals surface area contributed by atoms with Crippen molar-refractivity contribution in [2.45, 2.75) is 6.54 Å². The van der Waals surface area contributed by atoms with Gasteiger partial charge < -0.3 is 14.2 Å². The van der Waals surface area contributed by atoms with E-state index in [1.54, 1.807) is 56.6 Å². The van der Waals surface area contributed by atoms with Gasteiger partial charge in [-0.1, -0.05) is 47.7 Å². The molecule has 1 heterocycles. The average molecular weight is 436 g/mol. The number of carbonyl (C=O) groups is 1. The Labute approximate surface area is 178 Å². The number of thioether (sulfide) groups is 1. The van der Waals surface area contributed by atoms with Crippen LogP contribution in [0.4, 0.5) is 0 Å². The van der Waals surface area contributed by atoms with Gasteiger partial charge in [0.2, 0.25) is 5.75 Å². The second kappa shape index (κ2) is 8.86. The number of carbonyl (C=O) groups excluding carboxylic acids is 1. The standard InChI is InChI=1S/C20H18ClNO4S2/c1-24-15-8-13(9-16(25-2)18(15)26-3)10-17-19(23)22(20(27)28-17)11-12-4-6-14(21)7-5-12/h4-10H,11H2,1-3H3/b17-10-. The van der Waals surface area contributed by atoms with Crippen LogP contribution >= 0.6 is 35.6 Å². The minimum Gasteiger partial charge on any atom is -0.493 e. The lowest BCUT2D eigenvalue weighted by molar-refractivity contribution is -0.122. The SMILES string of the molecule is COc1cc(/C=C2\SC(=S)N(Cc3ccc(Cl)cc3)C2=O)cc(OC)c1OC. The van der Waals surface area contributed by atoms with E-state index in [2.05, 4.69) is 0 Å². The first-order valence-corrected chi connectivity index (χ1v) is 9.87. The van der Waals surface area contributed by atoms with Crippen molar-refractivity contribution in [3.63, 3.8) is 0 Å². The molecule has 2 aromatic rings. The molecule has 28 heavy (non-hydrogen) atoms. The number of thiocarbonyl (C=S) groups is 1. The summed E-state index contributed by atoms with van der Waals surface area (Å²) in [4.78, 5) is 15.0. The first-order valence-electron chi connectivity index (χ1n) is 8.26. The van der Waals surface area contributed by atoms with Crippen LogP contribution in [0, 0.1) is 0 Å². The number of amides is 1. The highest BCUT2D eigenvalue weighted by Gasteiger charge is 2.32. The van der Waals surface area contributed by atoms with Crippen molar-refractivity contribution in [3.8, 4) is 17.2 Å². The van der Waals surface area contributed by atoms with Gasteiger partial charge in [0.15, 0.2) is 11.5 Å². The number of hydrogen-bond acceptors (Lipinski definition) is 6. The highest BCUT2D eigenvalue weighted by molar-refractivity contribution is 8.26. The third kappa shape index (κ3) is 4.27. The fourth-order valence-corrected chi connectivity index (χ4v) is 4.13. The van der Waals surface area contributed by atoms with Crippen LogP contribution in [0.15, 0.2) is 41.3 Å². The smallest absolute Gasteiger partial charge is 0.266 e. The van der Waals surface area contributed by atoms with E-state index in [1.807, 2.05) is 12.1 Å². The van der Waals surface area contributed by atoms with Crippen LogP contribution in [0.5, 0.6) is 17.2 Å². The van der Waals surface area contributed by atoms with E-state index >= 15 is 0 Å². The van der Waals surface area contributed by atoms with E-state index in [1.165, 1.54) is 11.8 Å². The zero-order chi connectivity index (χ0) is 20.3. The lowest BCUT2D eigenvalue weighted by Gasteiger charge is -2.14. The predicted octanol–water partition coefficient (Wildman–Crippen LogP) is 4.77. The van der Waals surface area contributed by atoms with Gasteiger partial charge in [0.05, 0.1) is 32.8 Å². The Balaban J connectivity index is 1.88. The van der Waals surface area contributed by atoms with Gasteiger partial charge in [-0.25, -0.2) is 0 Å². The van der Waals surface area contributed by atoms with Crippen LogP contribution in [-0.4, -0.2) is 36.5 Å². The summed E-state index contributed by atoms with van der Waals surface area (Å²) in [5.74, 6) is 1.39. The molecule has 0 saturated carbocycles. The molecular weight excluding hydrogens is 418 g/mol. The molecule has 1 aliphatic rings. The number of hydrogen-bond donors (Lipinski definition) is 0. The molecule has 0 bridgehead atoms. The molecule has 3 rings (SSSR count). The molecular formula is C20H18ClNO4S2. The second-order valence-electron chi connectivity index (χ2n) is 5.85. The van der Waals surface area contributed by atoms with Crippen molar-refractivity contribution in [1.29, 1.82) is 0 Å². The van der Waals surface area contributed by atoms with E-state index in [4.69, 9.17) is 38.0 Å². The monoisotopic (exact) mass is 435 g/mol. The third-order valence-corrected chi connectivity index (χ3v) is 5.74. The Hall–Kier alpha value is -2.22. The lowest BCUT2D eigenvalue weighted by atomic mass is 10.1. The topological polar surface area (TPSA) is 48.0 Å². The maximum absolute atomic E-state index is 12.9. The maximum Gasteiger partial charge on any atom is 0.266 e. The minimum absolute atomic E-state index is 0.140. The third-order valence-electron chi connectivity index (χ3n) is 4.11. The van der Waals surface area contributed by atoms with Crippen LogP contribution in [-0.2, 0) is 11.3 Å². The number of methoxy groups -OCH3 is 3. The second-order valence-corrected chi connectivity index (χ2v) is 7.97. The Kier molecular flexibility index (Phi) is 6.49. The predicted molar refractivity (Wildman–Crippen MR) is 116 cm³/mol. The Bertz CT molecular complexity index is 919. The highest BCUT2D eigenvalue weighted by Crippen LogP contribution is 2.40. The molecule has 0 N–H and O–H groups in total. The molecule has 8 heteroatoms. The maximum atomic E-state index is 12.9. The van der Waals surface area contributed by atoms with E-state index in [-0.39, 0.29) is 5.91 Å². The van der Waals surface area contributed by atoms with Gasteiger partial charge in [-0.15, -0.1) is 0 Å². The van der Waals surface area contributed by atoms with Crippen LogP contribution in [0.2, 0.25) is 5.02 Å². The summed E-state index contributed by atoms with van der Waals surface area (Å²) in [6.45, 7) is 0.397. The fraction of sp³-hybridized carbons (Fsp3) is 0.200. The summed E-state index contributed by atoms with van der Waals surface area (Å²) in [6.07, 6.45) is 1.77. The number of benzene rings is 2. The van der Waals surface area contributed by atoms with Gasteiger partial charge >= 0.3 is 0 Å². The Morgan fingerprint density at radius 1 is 1.07 bits per heavy atom. The summed E-state index contributed by atoms with van der Waals surface area (Å²) in [6, 6.07) is 10.9. The molecule has 0 radical (unpaired) electrons. The van der Waals surface area contributed by atoms with Crippen LogP contribution < -0.4 is 14.2 Å². The number of rotatable bonds is 6. The van der Waals surface area contributed by atoms with Crippen LogP contribution in [0.3, 0.4) is 0 Å². The zero-order valence-corrected chi connectivity index (χ0v) is 17.9. The summed E-state index contributed by atoms with van der Waals surface area (Å²) in [7, 11) is 4.64. The van der Waals surface area contributed by atoms with Gasteiger partial charge in [0.1, 0.15) is 4.32 Å². The molecule has 0 aliphatic carbocycles. The van der Waals surface area contributed by atoms with Crippen molar-refractivity contribution in [3.05, 3.63) is 57.5 Å². The lowest BCUT2D eigenvalue weighted by Crippen LogP contribution is -2.27. The number of halogens is 1. The summed E-state index contributed by atoms with van der Waals surface area (Å²) >= 11 is 12.6. The van der Waals surface area contributed by atoms with Crippen molar-refractivity contribution >= 4 is 51.9 Å². The molecule has 146 valence electrons. The van der Waals surface area contributed by atoms with Gasteiger partial charge in [-0.05, 0) is 41.5 Å². The first-order chi connectivity index (χ1) is 13.5.